The fraction of sp³-hybridized carbons (Fsp3) is 0.167. The molecule has 1 aliphatic heterocycles. The molecule has 3 aromatic rings. The molecule has 10 nitrogen and oxygen atoms in total. The highest BCUT2D eigenvalue weighted by Gasteiger charge is 2.48. The maximum atomic E-state index is 11.3. The zero-order valence-electron chi connectivity index (χ0n) is 19.1. The van der Waals surface area contributed by atoms with Gasteiger partial charge in [0.2, 0.25) is 0 Å². The van der Waals surface area contributed by atoms with Gasteiger partial charge in [-0.25, -0.2) is 0 Å². The average Bonchev–Trinajstić information content (AvgIpc) is 2.85. The Labute approximate surface area is 200 Å². The maximum Gasteiger partial charge on any atom is 0.377 e. The van der Waals surface area contributed by atoms with Gasteiger partial charge in [0, 0.05) is 42.8 Å². The normalized spacial score (nSPS) is 15.6. The molecule has 0 saturated heterocycles. The molecular formula is C24H22BN3O7. The number of benzene rings is 3. The van der Waals surface area contributed by atoms with Crippen LogP contribution < -0.4 is 10.9 Å². The van der Waals surface area contributed by atoms with Gasteiger partial charge in [-0.15, -0.1) is 16.4 Å². The van der Waals surface area contributed by atoms with Crippen molar-refractivity contribution in [3.8, 4) is 0 Å². The molecule has 0 aromatic heterocycles. The first-order valence-electron chi connectivity index (χ1n) is 10.9. The Kier molecular flexibility index (Phi) is 6.19. The van der Waals surface area contributed by atoms with E-state index in [0.717, 1.165) is 34.0 Å². The van der Waals surface area contributed by atoms with Crippen LogP contribution in [0.2, 0.25) is 0 Å². The number of hydrogen-bond donors (Lipinski definition) is 0. The van der Waals surface area contributed by atoms with Crippen molar-refractivity contribution in [2.24, 2.45) is 0 Å². The van der Waals surface area contributed by atoms with Crippen molar-refractivity contribution in [1.29, 1.82) is 0 Å². The molecule has 0 aliphatic carbocycles. The van der Waals surface area contributed by atoms with Gasteiger partial charge in [-0.1, -0.05) is 47.5 Å². The molecule has 1 heterocycles. The van der Waals surface area contributed by atoms with Gasteiger partial charge in [0.15, 0.2) is 0 Å². The third-order valence-electron chi connectivity index (χ3n) is 6.80. The second-order valence-electron chi connectivity index (χ2n) is 8.63. The Bertz CT molecular complexity index is 1280. The summed E-state index contributed by atoms with van der Waals surface area (Å²) in [5.74, 6) is 0. The smallest absolute Gasteiger partial charge is 0.377 e. The van der Waals surface area contributed by atoms with E-state index >= 15 is 0 Å². The van der Waals surface area contributed by atoms with Gasteiger partial charge in [0.1, 0.15) is 6.61 Å². The topological polar surface area (TPSA) is 132 Å². The summed E-state index contributed by atoms with van der Waals surface area (Å²) in [7, 11) is 1.88. The average molecular weight is 475 g/mol. The lowest BCUT2D eigenvalue weighted by Gasteiger charge is -2.51. The minimum atomic E-state index is -1.97. The number of rotatable bonds is 6. The molecule has 4 rings (SSSR count). The van der Waals surface area contributed by atoms with E-state index in [2.05, 4.69) is 4.28 Å². The van der Waals surface area contributed by atoms with Crippen LogP contribution in [0.4, 0.5) is 17.1 Å². The molecule has 0 N–H and O–H groups in total. The second kappa shape index (κ2) is 9.11. The summed E-state index contributed by atoms with van der Waals surface area (Å²) in [4.78, 5) is 32.4. The van der Waals surface area contributed by atoms with Crippen LogP contribution in [0.25, 0.3) is 5.47 Å². The number of nitro benzene ring substituents is 3. The molecule has 0 spiro atoms. The lowest BCUT2D eigenvalue weighted by atomic mass is 9.25. The van der Waals surface area contributed by atoms with Gasteiger partial charge in [-0.2, -0.15) is 0 Å². The Hall–Kier alpha value is -4.38. The second-order valence-corrected chi connectivity index (χ2v) is 8.63. The van der Waals surface area contributed by atoms with E-state index < -0.39 is 21.1 Å². The van der Waals surface area contributed by atoms with E-state index in [-0.39, 0.29) is 17.1 Å². The molecule has 0 radical (unpaired) electrons. The molecule has 0 unspecified atom stereocenters. The molecule has 0 bridgehead atoms. The maximum absolute atomic E-state index is 11.3. The molecule has 3 aromatic carbocycles. The van der Waals surface area contributed by atoms with Crippen LogP contribution in [-0.4, -0.2) is 34.8 Å². The highest BCUT2D eigenvalue weighted by molar-refractivity contribution is 7.11. The Balaban J connectivity index is 2.03. The predicted molar refractivity (Wildman–Crippen MR) is 133 cm³/mol. The van der Waals surface area contributed by atoms with Crippen LogP contribution in [0.15, 0.2) is 78.4 Å². The van der Waals surface area contributed by atoms with Gasteiger partial charge in [0.05, 0.1) is 21.9 Å². The highest BCUT2D eigenvalue weighted by atomic mass is 16.6. The van der Waals surface area contributed by atoms with Gasteiger partial charge in [-0.05, 0) is 6.92 Å². The molecule has 11 heteroatoms. The third-order valence-corrected chi connectivity index (χ3v) is 6.80. The zero-order chi connectivity index (χ0) is 25.3. The molecule has 0 atom stereocenters. The highest BCUT2D eigenvalue weighted by Crippen LogP contribution is 2.39. The third kappa shape index (κ3) is 4.06. The summed E-state index contributed by atoms with van der Waals surface area (Å²) in [5.41, 5.74) is 4.13. The summed E-state index contributed by atoms with van der Waals surface area (Å²) in [6, 6.07) is 18.9. The largest absolute Gasteiger partial charge is 0.662 e. The van der Waals surface area contributed by atoms with Crippen LogP contribution in [0.5, 0.6) is 0 Å². The number of nitrogens with zero attached hydrogens (tertiary/aromatic N) is 3. The van der Waals surface area contributed by atoms with Gasteiger partial charge in [-0.3, -0.25) is 30.3 Å². The zero-order valence-corrected chi connectivity index (χ0v) is 19.1. The predicted octanol–water partition coefficient (Wildman–Crippen LogP) is 4.07. The first-order chi connectivity index (χ1) is 16.7. The van der Waals surface area contributed by atoms with Crippen molar-refractivity contribution in [3.05, 3.63) is 114 Å². The lowest BCUT2D eigenvalue weighted by molar-refractivity contribution is -0.385. The summed E-state index contributed by atoms with van der Waals surface area (Å²) >= 11 is 0. The Morgan fingerprint density at radius 3 is 1.43 bits per heavy atom. The molecule has 0 saturated carbocycles. The molecule has 1 aliphatic rings. The van der Waals surface area contributed by atoms with Crippen molar-refractivity contribution in [2.75, 3.05) is 13.7 Å². The van der Waals surface area contributed by atoms with Crippen molar-refractivity contribution in [1.82, 2.24) is 0 Å². The van der Waals surface area contributed by atoms with Crippen molar-refractivity contribution >= 4 is 39.8 Å². The standard InChI is InChI=1S/C24H22BN3O7/c1-17-15-16-35(2)25(19-5-11-22(12-6-19)27(31)32,20-7-13-23(14-8-20)28(33)34)24(17)18-3-9-21(10-4-18)26(29)30/h3-14H,15-16H2,1-2H3. The molecule has 35 heavy (non-hydrogen) atoms. The van der Waals surface area contributed by atoms with Gasteiger partial charge in [0.25, 0.3) is 17.1 Å². The SMILES string of the molecule is CC1=C(c2ccc([N+](=O)[O-])cc2)[B-](c2ccc([N+](=O)[O-])cc2)(c2ccc([N+](=O)[O-])cc2)[O+](C)CC1. The first-order valence-corrected chi connectivity index (χ1v) is 10.9. The van der Waals surface area contributed by atoms with E-state index in [4.69, 9.17) is 0 Å². The minimum Gasteiger partial charge on any atom is -0.662 e. The number of non-ortho nitro benzene ring substituents is 3. The lowest BCUT2D eigenvalue weighted by Crippen LogP contribution is -2.68. The summed E-state index contributed by atoms with van der Waals surface area (Å²) in [5, 5.41) is 33.8. The Morgan fingerprint density at radius 2 is 1.06 bits per heavy atom. The van der Waals surface area contributed by atoms with Crippen molar-refractivity contribution in [2.45, 2.75) is 13.3 Å². The minimum absolute atomic E-state index is 0.0346. The van der Waals surface area contributed by atoms with Crippen molar-refractivity contribution in [3.63, 3.8) is 0 Å². The van der Waals surface area contributed by atoms with Crippen molar-refractivity contribution < 1.29 is 19.1 Å². The summed E-state index contributed by atoms with van der Waals surface area (Å²) < 4.78 is 3.21. The number of hydrogen-bond acceptors (Lipinski definition) is 6. The quantitative estimate of drug-likeness (QED) is 0.229. The molecule has 0 fully saturated rings. The van der Waals surface area contributed by atoms with Crippen LogP contribution in [0.3, 0.4) is 0 Å². The summed E-state index contributed by atoms with van der Waals surface area (Å²) in [6.07, 6.45) is -1.25. The van der Waals surface area contributed by atoms with Crippen LogP contribution >= 0.6 is 0 Å². The summed E-state index contributed by atoms with van der Waals surface area (Å²) in [6.45, 7) is 2.61. The monoisotopic (exact) mass is 475 g/mol. The van der Waals surface area contributed by atoms with Gasteiger partial charge < -0.3 is 4.28 Å². The van der Waals surface area contributed by atoms with E-state index in [9.17, 15) is 30.3 Å². The fourth-order valence-electron chi connectivity index (χ4n) is 5.14. The van der Waals surface area contributed by atoms with Gasteiger partial charge >= 0.3 is 6.35 Å². The van der Waals surface area contributed by atoms with E-state index in [1.54, 1.807) is 36.4 Å². The molecular weight excluding hydrogens is 453 g/mol. The fourth-order valence-corrected chi connectivity index (χ4v) is 5.14. The Morgan fingerprint density at radius 1 is 0.686 bits per heavy atom. The van der Waals surface area contributed by atoms with Crippen LogP contribution in [0.1, 0.15) is 18.9 Å². The molecule has 0 amide bonds. The van der Waals surface area contributed by atoms with E-state index in [1.165, 1.54) is 36.4 Å². The first kappa shape index (κ1) is 23.8. The molecule has 178 valence electrons. The van der Waals surface area contributed by atoms with E-state index in [1.807, 2.05) is 14.0 Å². The van der Waals surface area contributed by atoms with E-state index in [0.29, 0.717) is 6.61 Å². The van der Waals surface area contributed by atoms with Crippen LogP contribution in [-0.2, 0) is 4.28 Å². The number of nitro groups is 3. The van der Waals surface area contributed by atoms with Crippen LogP contribution in [0, 0.1) is 30.3 Å².